The number of rotatable bonds is 7. The van der Waals surface area contributed by atoms with Gasteiger partial charge in [0.1, 0.15) is 9.84 Å². The predicted octanol–water partition coefficient (Wildman–Crippen LogP) is -1.21. The molecular formula is C11H19N3O4S. The van der Waals surface area contributed by atoms with Crippen LogP contribution in [-0.4, -0.2) is 35.6 Å². The number of nitrogens with zero attached hydrogens (tertiary/aromatic N) is 2. The predicted molar refractivity (Wildman–Crippen MR) is 73.0 cm³/mol. The molecule has 0 unspecified atom stereocenters. The molecule has 0 saturated heterocycles. The van der Waals surface area contributed by atoms with Crippen molar-refractivity contribution in [1.29, 1.82) is 0 Å². The van der Waals surface area contributed by atoms with Gasteiger partial charge in [-0.2, -0.15) is 0 Å². The van der Waals surface area contributed by atoms with Crippen molar-refractivity contribution in [3.8, 4) is 0 Å². The molecule has 1 rings (SSSR count). The Kier molecular flexibility index (Phi) is 5.49. The van der Waals surface area contributed by atoms with Crippen LogP contribution in [0.25, 0.3) is 0 Å². The molecule has 0 aliphatic rings. The molecule has 2 N–H and O–H groups in total. The lowest BCUT2D eigenvalue weighted by Crippen LogP contribution is -2.40. The summed E-state index contributed by atoms with van der Waals surface area (Å²) in [6, 6.07) is 1.28. The number of hydrogen-bond donors (Lipinski definition) is 1. The molecule has 0 aromatic carbocycles. The molecule has 0 saturated carbocycles. The zero-order chi connectivity index (χ0) is 14.5. The molecule has 0 atom stereocenters. The van der Waals surface area contributed by atoms with Gasteiger partial charge in [0.15, 0.2) is 0 Å². The monoisotopic (exact) mass is 289 g/mol. The van der Waals surface area contributed by atoms with E-state index in [-0.39, 0.29) is 31.1 Å². The summed E-state index contributed by atoms with van der Waals surface area (Å²) < 4.78 is 25.1. The first-order chi connectivity index (χ1) is 8.91. The molecule has 108 valence electrons. The van der Waals surface area contributed by atoms with Gasteiger partial charge in [0, 0.05) is 37.7 Å². The Labute approximate surface area is 111 Å². The third-order valence-electron chi connectivity index (χ3n) is 2.79. The van der Waals surface area contributed by atoms with Crippen LogP contribution in [0.3, 0.4) is 0 Å². The van der Waals surface area contributed by atoms with Gasteiger partial charge in [-0.25, -0.2) is 13.2 Å². The fourth-order valence-electron chi connectivity index (χ4n) is 1.66. The van der Waals surface area contributed by atoms with Crippen molar-refractivity contribution in [3.05, 3.63) is 33.1 Å². The fourth-order valence-corrected chi connectivity index (χ4v) is 2.52. The number of nitrogens with two attached hydrogens (primary N) is 1. The van der Waals surface area contributed by atoms with Crippen LogP contribution in [0.4, 0.5) is 0 Å². The van der Waals surface area contributed by atoms with E-state index in [0.29, 0.717) is 6.42 Å². The van der Waals surface area contributed by atoms with Crippen molar-refractivity contribution in [2.24, 2.45) is 5.73 Å². The lowest BCUT2D eigenvalue weighted by Gasteiger charge is -2.08. The lowest BCUT2D eigenvalue weighted by molar-refractivity contribution is 0.544. The van der Waals surface area contributed by atoms with E-state index in [4.69, 9.17) is 5.73 Å². The van der Waals surface area contributed by atoms with Gasteiger partial charge >= 0.3 is 5.69 Å². The molecule has 0 aliphatic carbocycles. The van der Waals surface area contributed by atoms with Crippen molar-refractivity contribution < 1.29 is 8.42 Å². The Morgan fingerprint density at radius 1 is 1.26 bits per heavy atom. The number of sulfone groups is 1. The molecule has 1 aromatic rings. The van der Waals surface area contributed by atoms with Crippen LogP contribution in [0.15, 0.2) is 21.9 Å². The largest absolute Gasteiger partial charge is 0.331 e. The molecule has 0 fully saturated rings. The molecule has 0 radical (unpaired) electrons. The van der Waals surface area contributed by atoms with Crippen molar-refractivity contribution in [2.75, 3.05) is 18.1 Å². The third-order valence-corrected chi connectivity index (χ3v) is 4.58. The van der Waals surface area contributed by atoms with Gasteiger partial charge in [-0.05, 0) is 6.42 Å². The molecule has 8 heteroatoms. The van der Waals surface area contributed by atoms with Gasteiger partial charge in [0.2, 0.25) is 0 Å². The standard InChI is InChI=1S/C11H19N3O4S/c1-2-19(17,18)9-3-6-13-7-4-10(15)14(8-5-12)11(13)16/h4,7H,2-3,5-6,8-9,12H2,1H3. The Hall–Kier alpha value is -1.41. The fraction of sp³-hybridized carbons (Fsp3) is 0.636. The maximum absolute atomic E-state index is 11.9. The van der Waals surface area contributed by atoms with E-state index in [9.17, 15) is 18.0 Å². The minimum Gasteiger partial charge on any atom is -0.329 e. The summed E-state index contributed by atoms with van der Waals surface area (Å²) in [4.78, 5) is 23.4. The average Bonchev–Trinajstić information content (AvgIpc) is 2.37. The van der Waals surface area contributed by atoms with Crippen LogP contribution in [0.5, 0.6) is 0 Å². The van der Waals surface area contributed by atoms with Crippen molar-refractivity contribution in [3.63, 3.8) is 0 Å². The highest BCUT2D eigenvalue weighted by molar-refractivity contribution is 7.91. The molecular weight excluding hydrogens is 270 g/mol. The smallest absolute Gasteiger partial charge is 0.329 e. The Morgan fingerprint density at radius 2 is 1.95 bits per heavy atom. The zero-order valence-corrected chi connectivity index (χ0v) is 11.7. The Balaban J connectivity index is 2.83. The van der Waals surface area contributed by atoms with Crippen molar-refractivity contribution in [1.82, 2.24) is 9.13 Å². The molecule has 0 aliphatic heterocycles. The Morgan fingerprint density at radius 3 is 2.53 bits per heavy atom. The summed E-state index contributed by atoms with van der Waals surface area (Å²) in [5.74, 6) is 0.126. The summed E-state index contributed by atoms with van der Waals surface area (Å²) >= 11 is 0. The molecule has 7 nitrogen and oxygen atoms in total. The Bertz CT molecular complexity index is 630. The maximum atomic E-state index is 11.9. The van der Waals surface area contributed by atoms with Crippen LogP contribution in [0.2, 0.25) is 0 Å². The summed E-state index contributed by atoms with van der Waals surface area (Å²) in [6.45, 7) is 2.21. The van der Waals surface area contributed by atoms with E-state index >= 15 is 0 Å². The van der Waals surface area contributed by atoms with Gasteiger partial charge in [0.25, 0.3) is 5.56 Å². The van der Waals surface area contributed by atoms with E-state index in [1.165, 1.54) is 16.8 Å². The van der Waals surface area contributed by atoms with E-state index in [1.807, 2.05) is 0 Å². The summed E-state index contributed by atoms with van der Waals surface area (Å²) in [5.41, 5.74) is 4.49. The van der Waals surface area contributed by atoms with E-state index < -0.39 is 21.1 Å². The highest BCUT2D eigenvalue weighted by Crippen LogP contribution is 1.95. The summed E-state index contributed by atoms with van der Waals surface area (Å²) in [7, 11) is -3.03. The highest BCUT2D eigenvalue weighted by atomic mass is 32.2. The number of aromatic nitrogens is 2. The van der Waals surface area contributed by atoms with Crippen LogP contribution >= 0.6 is 0 Å². The van der Waals surface area contributed by atoms with Crippen molar-refractivity contribution in [2.45, 2.75) is 26.4 Å². The van der Waals surface area contributed by atoms with Crippen molar-refractivity contribution >= 4 is 9.84 Å². The third kappa shape index (κ3) is 4.32. The normalized spacial score (nSPS) is 11.7. The zero-order valence-electron chi connectivity index (χ0n) is 10.9. The van der Waals surface area contributed by atoms with E-state index in [2.05, 4.69) is 0 Å². The first-order valence-corrected chi connectivity index (χ1v) is 7.94. The van der Waals surface area contributed by atoms with Gasteiger partial charge in [-0.15, -0.1) is 0 Å². The van der Waals surface area contributed by atoms with E-state index in [0.717, 1.165) is 4.57 Å². The first-order valence-electron chi connectivity index (χ1n) is 6.12. The second-order valence-corrected chi connectivity index (χ2v) is 6.63. The van der Waals surface area contributed by atoms with Crippen LogP contribution in [0, 0.1) is 0 Å². The minimum absolute atomic E-state index is 0.0337. The number of hydrogen-bond acceptors (Lipinski definition) is 5. The van der Waals surface area contributed by atoms with Gasteiger partial charge < -0.3 is 10.3 Å². The van der Waals surface area contributed by atoms with Crippen LogP contribution < -0.4 is 17.0 Å². The molecule has 0 bridgehead atoms. The molecule has 0 amide bonds. The average molecular weight is 289 g/mol. The summed E-state index contributed by atoms with van der Waals surface area (Å²) in [6.07, 6.45) is 1.73. The number of aryl methyl sites for hydroxylation is 1. The van der Waals surface area contributed by atoms with Gasteiger partial charge in [-0.1, -0.05) is 6.92 Å². The minimum atomic E-state index is -3.03. The molecule has 19 heavy (non-hydrogen) atoms. The molecule has 0 spiro atoms. The highest BCUT2D eigenvalue weighted by Gasteiger charge is 2.08. The SMILES string of the molecule is CCS(=O)(=O)CCCn1ccc(=O)n(CCN)c1=O. The van der Waals surface area contributed by atoms with Crippen LogP contribution in [0.1, 0.15) is 13.3 Å². The second kappa shape index (κ2) is 6.67. The molecule has 1 aromatic heterocycles. The quantitative estimate of drug-likeness (QED) is 0.678. The van der Waals surface area contributed by atoms with Crippen LogP contribution in [-0.2, 0) is 22.9 Å². The van der Waals surface area contributed by atoms with Gasteiger partial charge in [-0.3, -0.25) is 9.36 Å². The summed E-state index contributed by atoms with van der Waals surface area (Å²) in [5, 5.41) is 0. The van der Waals surface area contributed by atoms with Gasteiger partial charge in [0.05, 0.1) is 5.75 Å². The van der Waals surface area contributed by atoms with E-state index in [1.54, 1.807) is 6.92 Å². The first kappa shape index (κ1) is 15.6. The second-order valence-electron chi connectivity index (χ2n) is 4.16. The lowest BCUT2D eigenvalue weighted by atomic mass is 10.4. The molecule has 1 heterocycles. The topological polar surface area (TPSA) is 104 Å². The maximum Gasteiger partial charge on any atom is 0.331 e.